The Bertz CT molecular complexity index is 989. The highest BCUT2D eigenvalue weighted by molar-refractivity contribution is 6.73. The predicted octanol–water partition coefficient (Wildman–Crippen LogP) is 10.1. The lowest BCUT2D eigenvalue weighted by Gasteiger charge is -2.34. The summed E-state index contributed by atoms with van der Waals surface area (Å²) in [5.41, 5.74) is 4.83. The summed E-state index contributed by atoms with van der Waals surface area (Å²) >= 11 is 0. The van der Waals surface area contributed by atoms with Gasteiger partial charge in [0.25, 0.3) is 0 Å². The molecule has 4 atom stereocenters. The fourth-order valence-corrected chi connectivity index (χ4v) is 9.11. The van der Waals surface area contributed by atoms with Gasteiger partial charge in [0, 0.05) is 25.2 Å². The molecule has 0 spiro atoms. The second kappa shape index (κ2) is 14.6. The van der Waals surface area contributed by atoms with Crippen molar-refractivity contribution in [1.29, 1.82) is 0 Å². The van der Waals surface area contributed by atoms with E-state index in [4.69, 9.17) is 13.9 Å². The molecule has 228 valence electrons. The van der Waals surface area contributed by atoms with E-state index in [1.54, 1.807) is 0 Å². The Balaban J connectivity index is 1.97. The number of hydrogen-bond donors (Lipinski definition) is 0. The molecule has 0 radical (unpaired) electrons. The van der Waals surface area contributed by atoms with Crippen LogP contribution in [0.1, 0.15) is 115 Å². The van der Waals surface area contributed by atoms with Crippen molar-refractivity contribution in [2.24, 2.45) is 17.3 Å². The first-order chi connectivity index (χ1) is 18.7. The molecule has 0 amide bonds. The molecule has 0 aromatic carbocycles. The van der Waals surface area contributed by atoms with Crippen LogP contribution >= 0.6 is 0 Å². The lowest BCUT2D eigenvalue weighted by molar-refractivity contribution is -0.191. The molecule has 0 saturated carbocycles. The minimum Gasteiger partial charge on any atom is -0.459 e. The number of hydrogen-bond acceptors (Lipinski definition) is 4. The lowest BCUT2D eigenvalue weighted by Crippen LogP contribution is -2.40. The molecule has 0 aromatic heterocycles. The molecular weight excluding hydrogens is 512 g/mol. The SMILES string of the molecule is C/C=C(\C)[C@H](CC/C(C)=C/CC/C(C)=C/C[C@]1(C)C(=O)C2=C([C@H]1C)[C@@H](C)COC(C)(C)O2)O[Si](CC)(CC)CC. The molecule has 0 unspecified atom stereocenters. The van der Waals surface area contributed by atoms with Crippen LogP contribution in [0, 0.1) is 17.3 Å². The van der Waals surface area contributed by atoms with Crippen LogP contribution in [0.25, 0.3) is 0 Å². The van der Waals surface area contributed by atoms with E-state index < -0.39 is 19.5 Å². The topological polar surface area (TPSA) is 44.8 Å². The highest BCUT2D eigenvalue weighted by Crippen LogP contribution is 2.51. The quantitative estimate of drug-likeness (QED) is 0.153. The van der Waals surface area contributed by atoms with Gasteiger partial charge >= 0.3 is 0 Å². The van der Waals surface area contributed by atoms with Gasteiger partial charge in [-0.3, -0.25) is 4.79 Å². The molecule has 1 aliphatic heterocycles. The van der Waals surface area contributed by atoms with E-state index in [1.807, 2.05) is 13.8 Å². The average Bonchev–Trinajstić information content (AvgIpc) is 3.02. The van der Waals surface area contributed by atoms with Crippen molar-refractivity contribution < 1.29 is 18.7 Å². The van der Waals surface area contributed by atoms with Gasteiger partial charge in [0.2, 0.25) is 11.6 Å². The molecule has 0 fully saturated rings. The third-order valence-electron chi connectivity index (χ3n) is 9.96. The van der Waals surface area contributed by atoms with E-state index in [1.165, 1.54) is 34.9 Å². The molecule has 2 rings (SSSR count). The standard InChI is InChI=1S/C35H60O4Si/c1-13-27(7)30(39-40(14-2,15-3)16-4)21-20-25(5)18-17-19-26(6)22-23-35(12)29(9)31-28(8)24-37-34(10,11)38-32(31)33(35)36/h13,18,22,28-30H,14-17,19-21,23-24H2,1-12H3/b25-18+,26-22+,27-13+/t28-,29+,30-,35-/m0/s1. The largest absolute Gasteiger partial charge is 0.459 e. The monoisotopic (exact) mass is 572 g/mol. The minimum atomic E-state index is -1.64. The van der Waals surface area contributed by atoms with Crippen LogP contribution in [0.4, 0.5) is 0 Å². The summed E-state index contributed by atoms with van der Waals surface area (Å²) in [4.78, 5) is 13.6. The third kappa shape index (κ3) is 8.32. The van der Waals surface area contributed by atoms with E-state index >= 15 is 0 Å². The summed E-state index contributed by atoms with van der Waals surface area (Å²) in [6, 6.07) is 3.57. The van der Waals surface area contributed by atoms with Crippen LogP contribution in [0.3, 0.4) is 0 Å². The van der Waals surface area contributed by atoms with E-state index in [0.717, 1.165) is 37.7 Å². The van der Waals surface area contributed by atoms with Crippen LogP contribution in [-0.4, -0.2) is 32.6 Å². The zero-order valence-corrected chi connectivity index (χ0v) is 29.0. The fraction of sp³-hybridized carbons (Fsp3) is 0.743. The van der Waals surface area contributed by atoms with Gasteiger partial charge in [-0.2, -0.15) is 0 Å². The summed E-state index contributed by atoms with van der Waals surface area (Å²) in [6.07, 6.45) is 12.1. The molecule has 40 heavy (non-hydrogen) atoms. The maximum absolute atomic E-state index is 13.6. The molecule has 0 saturated heterocycles. The van der Waals surface area contributed by atoms with Crippen LogP contribution in [0.5, 0.6) is 0 Å². The second-order valence-corrected chi connectivity index (χ2v) is 18.0. The normalized spacial score (nSPS) is 27.0. The van der Waals surface area contributed by atoms with Crippen molar-refractivity contribution in [3.05, 3.63) is 46.3 Å². The van der Waals surface area contributed by atoms with Gasteiger partial charge < -0.3 is 13.9 Å². The summed E-state index contributed by atoms with van der Waals surface area (Å²) in [6.45, 7) is 26.6. The highest BCUT2D eigenvalue weighted by Gasteiger charge is 2.53. The van der Waals surface area contributed by atoms with Gasteiger partial charge in [0.15, 0.2) is 14.1 Å². The van der Waals surface area contributed by atoms with Gasteiger partial charge in [0.05, 0.1) is 12.7 Å². The number of allylic oxidation sites excluding steroid dienone is 6. The van der Waals surface area contributed by atoms with Gasteiger partial charge in [-0.05, 0) is 89.4 Å². The number of ether oxygens (including phenoxy) is 2. The van der Waals surface area contributed by atoms with E-state index in [0.29, 0.717) is 12.4 Å². The van der Waals surface area contributed by atoms with Gasteiger partial charge in [-0.15, -0.1) is 0 Å². The Labute approximate surface area is 247 Å². The maximum Gasteiger partial charge on any atom is 0.205 e. The molecule has 0 aromatic rings. The molecule has 0 N–H and O–H groups in total. The van der Waals surface area contributed by atoms with Crippen molar-refractivity contribution in [1.82, 2.24) is 0 Å². The zero-order valence-electron chi connectivity index (χ0n) is 28.0. The van der Waals surface area contributed by atoms with E-state index in [-0.39, 0.29) is 23.7 Å². The summed E-state index contributed by atoms with van der Waals surface area (Å²) in [5, 5.41) is 0. The molecule has 1 heterocycles. The van der Waals surface area contributed by atoms with Crippen molar-refractivity contribution in [3.63, 3.8) is 0 Å². The first-order valence-corrected chi connectivity index (χ1v) is 18.5. The Morgan fingerprint density at radius 3 is 2.20 bits per heavy atom. The molecular formula is C35H60O4Si. The molecule has 0 bridgehead atoms. The van der Waals surface area contributed by atoms with Crippen molar-refractivity contribution >= 4 is 14.1 Å². The fourth-order valence-electron chi connectivity index (χ4n) is 6.21. The summed E-state index contributed by atoms with van der Waals surface area (Å²) < 4.78 is 18.9. The third-order valence-corrected chi connectivity index (χ3v) is 14.6. The molecule has 1 aliphatic carbocycles. The molecule has 5 heteroatoms. The van der Waals surface area contributed by atoms with Crippen LogP contribution in [0.2, 0.25) is 18.1 Å². The zero-order chi connectivity index (χ0) is 30.3. The Hall–Kier alpha value is -1.43. The number of carbonyl (C=O) groups excluding carboxylic acids is 1. The summed E-state index contributed by atoms with van der Waals surface area (Å²) in [7, 11) is -1.64. The molecule has 4 nitrogen and oxygen atoms in total. The minimum absolute atomic E-state index is 0.134. The average molecular weight is 573 g/mol. The van der Waals surface area contributed by atoms with E-state index in [2.05, 4.69) is 87.5 Å². The molecule has 2 aliphatic rings. The number of rotatable bonds is 14. The van der Waals surface area contributed by atoms with Crippen LogP contribution < -0.4 is 0 Å². The van der Waals surface area contributed by atoms with Gasteiger partial charge in [-0.25, -0.2) is 0 Å². The lowest BCUT2D eigenvalue weighted by atomic mass is 9.72. The summed E-state index contributed by atoms with van der Waals surface area (Å²) in [5.74, 6) is 0.241. The van der Waals surface area contributed by atoms with Crippen molar-refractivity contribution in [2.45, 2.75) is 145 Å². The van der Waals surface area contributed by atoms with Crippen LogP contribution in [0.15, 0.2) is 46.3 Å². The van der Waals surface area contributed by atoms with E-state index in [9.17, 15) is 4.79 Å². The number of Topliss-reactive ketones (excluding diaryl/α,β-unsaturated/α-hetero) is 1. The van der Waals surface area contributed by atoms with Crippen molar-refractivity contribution in [2.75, 3.05) is 6.61 Å². The Morgan fingerprint density at radius 2 is 1.62 bits per heavy atom. The van der Waals surface area contributed by atoms with Gasteiger partial charge in [0.1, 0.15) is 0 Å². The number of ketones is 1. The maximum atomic E-state index is 13.6. The Kier molecular flexibility index (Phi) is 12.7. The van der Waals surface area contributed by atoms with Crippen LogP contribution in [-0.2, 0) is 18.7 Å². The number of carbonyl (C=O) groups is 1. The first kappa shape index (κ1) is 34.8. The van der Waals surface area contributed by atoms with Gasteiger partial charge in [-0.1, -0.05) is 76.5 Å². The predicted molar refractivity (Wildman–Crippen MR) is 172 cm³/mol. The highest BCUT2D eigenvalue weighted by atomic mass is 28.4. The smallest absolute Gasteiger partial charge is 0.205 e. The Morgan fingerprint density at radius 1 is 1.02 bits per heavy atom. The van der Waals surface area contributed by atoms with Crippen molar-refractivity contribution in [3.8, 4) is 0 Å². The second-order valence-electron chi connectivity index (χ2n) is 13.2. The first-order valence-electron chi connectivity index (χ1n) is 15.9.